The van der Waals surface area contributed by atoms with Gasteiger partial charge in [0.1, 0.15) is 5.82 Å². The minimum Gasteiger partial charge on any atom is -0.372 e. The molecule has 1 aliphatic carbocycles. The number of hydrogen-bond donors (Lipinski definition) is 2. The van der Waals surface area contributed by atoms with E-state index < -0.39 is 0 Å². The van der Waals surface area contributed by atoms with Crippen LogP contribution in [0.25, 0.3) is 0 Å². The van der Waals surface area contributed by atoms with E-state index in [-0.39, 0.29) is 11.9 Å². The van der Waals surface area contributed by atoms with E-state index in [1.165, 1.54) is 12.8 Å². The summed E-state index contributed by atoms with van der Waals surface area (Å²) in [6.45, 7) is 0. The van der Waals surface area contributed by atoms with Gasteiger partial charge in [0.05, 0.1) is 5.56 Å². The van der Waals surface area contributed by atoms with Gasteiger partial charge in [-0.2, -0.15) is 11.8 Å². The van der Waals surface area contributed by atoms with Gasteiger partial charge < -0.3 is 10.6 Å². The largest absolute Gasteiger partial charge is 0.372 e. The van der Waals surface area contributed by atoms with Crippen LogP contribution in [-0.4, -0.2) is 35.5 Å². The van der Waals surface area contributed by atoms with E-state index in [1.807, 2.05) is 17.8 Å². The van der Waals surface area contributed by atoms with Crippen molar-refractivity contribution in [3.8, 4) is 0 Å². The van der Waals surface area contributed by atoms with Crippen molar-refractivity contribution in [2.24, 2.45) is 0 Å². The number of nitrogens with one attached hydrogen (secondary N) is 2. The Morgan fingerprint density at radius 3 is 2.70 bits per heavy atom. The van der Waals surface area contributed by atoms with Crippen molar-refractivity contribution < 1.29 is 4.79 Å². The highest BCUT2D eigenvalue weighted by molar-refractivity contribution is 9.10. The predicted molar refractivity (Wildman–Crippen MR) is 88.5 cm³/mol. The number of nitrogens with zero attached hydrogens (tertiary/aromatic N) is 1. The van der Waals surface area contributed by atoms with E-state index >= 15 is 0 Å². The second-order valence-corrected chi connectivity index (χ2v) is 7.04. The van der Waals surface area contributed by atoms with Crippen LogP contribution in [0, 0.1) is 0 Å². The molecule has 1 amide bonds. The van der Waals surface area contributed by atoms with E-state index in [1.54, 1.807) is 13.2 Å². The Morgan fingerprint density at radius 2 is 2.10 bits per heavy atom. The van der Waals surface area contributed by atoms with Gasteiger partial charge >= 0.3 is 0 Å². The number of halogens is 1. The first kappa shape index (κ1) is 15.6. The number of anilines is 1. The van der Waals surface area contributed by atoms with Gasteiger partial charge in [-0.05, 0) is 53.9 Å². The lowest BCUT2D eigenvalue weighted by molar-refractivity contribution is 0.0928. The number of rotatable bonds is 4. The van der Waals surface area contributed by atoms with Crippen molar-refractivity contribution >= 4 is 39.4 Å². The first-order chi connectivity index (χ1) is 9.63. The normalized spacial score (nSPS) is 22.4. The fourth-order valence-corrected chi connectivity index (χ4v) is 3.59. The molecule has 1 heterocycles. The Hall–Kier alpha value is -0.750. The molecule has 1 fully saturated rings. The Morgan fingerprint density at radius 1 is 1.40 bits per heavy atom. The standard InChI is InChI=1S/C14H20BrN3OS/c1-16-13-12(7-9(15)8-17-13)14(19)18-10-3-5-11(20-2)6-4-10/h7-8,10-11H,3-6H2,1-2H3,(H,16,17)(H,18,19). The molecular weight excluding hydrogens is 338 g/mol. The van der Waals surface area contributed by atoms with Crippen molar-refractivity contribution in [2.75, 3.05) is 18.6 Å². The smallest absolute Gasteiger partial charge is 0.255 e. The van der Waals surface area contributed by atoms with E-state index in [0.717, 1.165) is 22.6 Å². The second kappa shape index (κ2) is 7.31. The number of thioether (sulfide) groups is 1. The highest BCUT2D eigenvalue weighted by atomic mass is 79.9. The molecule has 0 saturated heterocycles. The summed E-state index contributed by atoms with van der Waals surface area (Å²) in [5.74, 6) is 0.569. The molecule has 1 aromatic heterocycles. The van der Waals surface area contributed by atoms with Crippen LogP contribution >= 0.6 is 27.7 Å². The Bertz CT molecular complexity index is 475. The van der Waals surface area contributed by atoms with Crippen molar-refractivity contribution in [3.05, 3.63) is 22.3 Å². The van der Waals surface area contributed by atoms with Crippen LogP contribution in [0.1, 0.15) is 36.0 Å². The summed E-state index contributed by atoms with van der Waals surface area (Å²) in [6.07, 6.45) is 8.34. The van der Waals surface area contributed by atoms with Crippen molar-refractivity contribution in [2.45, 2.75) is 37.0 Å². The second-order valence-electron chi connectivity index (χ2n) is 4.98. The highest BCUT2D eigenvalue weighted by Gasteiger charge is 2.23. The van der Waals surface area contributed by atoms with Gasteiger partial charge in [0.25, 0.3) is 5.91 Å². The molecule has 0 aliphatic heterocycles. The van der Waals surface area contributed by atoms with Gasteiger partial charge in [-0.3, -0.25) is 4.79 Å². The Kier molecular flexibility index (Phi) is 5.72. The first-order valence-corrected chi connectivity index (χ1v) is 8.89. The lowest BCUT2D eigenvalue weighted by Crippen LogP contribution is -2.38. The zero-order valence-corrected chi connectivity index (χ0v) is 14.2. The third-order valence-electron chi connectivity index (χ3n) is 3.68. The van der Waals surface area contributed by atoms with Crippen molar-refractivity contribution in [1.82, 2.24) is 10.3 Å². The topological polar surface area (TPSA) is 54.0 Å². The molecule has 2 rings (SSSR count). The summed E-state index contributed by atoms with van der Waals surface area (Å²) < 4.78 is 0.813. The number of pyridine rings is 1. The van der Waals surface area contributed by atoms with Gasteiger partial charge in [-0.25, -0.2) is 4.98 Å². The van der Waals surface area contributed by atoms with E-state index in [9.17, 15) is 4.79 Å². The summed E-state index contributed by atoms with van der Waals surface area (Å²) in [4.78, 5) is 16.6. The van der Waals surface area contributed by atoms with Gasteiger partial charge in [-0.15, -0.1) is 0 Å². The summed E-state index contributed by atoms with van der Waals surface area (Å²) in [6, 6.07) is 2.09. The molecule has 110 valence electrons. The highest BCUT2D eigenvalue weighted by Crippen LogP contribution is 2.27. The summed E-state index contributed by atoms with van der Waals surface area (Å²) in [5.41, 5.74) is 0.592. The quantitative estimate of drug-likeness (QED) is 0.867. The molecule has 0 radical (unpaired) electrons. The SMILES string of the molecule is CNc1ncc(Br)cc1C(=O)NC1CCC(SC)CC1. The lowest BCUT2D eigenvalue weighted by Gasteiger charge is -2.28. The van der Waals surface area contributed by atoms with Gasteiger partial charge in [-0.1, -0.05) is 0 Å². The number of aromatic nitrogens is 1. The average Bonchev–Trinajstić information content (AvgIpc) is 2.48. The van der Waals surface area contributed by atoms with E-state index in [4.69, 9.17) is 0 Å². The van der Waals surface area contributed by atoms with Crippen LogP contribution in [0.5, 0.6) is 0 Å². The molecule has 0 bridgehead atoms. The van der Waals surface area contributed by atoms with Crippen LogP contribution in [0.4, 0.5) is 5.82 Å². The monoisotopic (exact) mass is 357 g/mol. The molecule has 2 N–H and O–H groups in total. The molecule has 0 unspecified atom stereocenters. The Balaban J connectivity index is 2.00. The molecule has 20 heavy (non-hydrogen) atoms. The number of carbonyl (C=O) groups excluding carboxylic acids is 1. The molecule has 0 spiro atoms. The van der Waals surface area contributed by atoms with Crippen LogP contribution in [0.2, 0.25) is 0 Å². The number of amides is 1. The third kappa shape index (κ3) is 3.88. The minimum absolute atomic E-state index is 0.0456. The Labute approximate surface area is 132 Å². The summed E-state index contributed by atoms with van der Waals surface area (Å²) >= 11 is 5.30. The fourth-order valence-electron chi connectivity index (χ4n) is 2.52. The van der Waals surface area contributed by atoms with Crippen LogP contribution in [0.3, 0.4) is 0 Å². The predicted octanol–water partition coefficient (Wildman–Crippen LogP) is 3.29. The molecule has 0 aromatic carbocycles. The third-order valence-corrected chi connectivity index (χ3v) is 5.25. The molecule has 0 atom stereocenters. The van der Waals surface area contributed by atoms with Crippen LogP contribution in [0.15, 0.2) is 16.7 Å². The zero-order chi connectivity index (χ0) is 14.5. The van der Waals surface area contributed by atoms with Gasteiger partial charge in [0.15, 0.2) is 0 Å². The maximum Gasteiger partial charge on any atom is 0.255 e. The first-order valence-electron chi connectivity index (χ1n) is 6.81. The van der Waals surface area contributed by atoms with Crippen molar-refractivity contribution in [1.29, 1.82) is 0 Å². The maximum atomic E-state index is 12.4. The molecule has 6 heteroatoms. The molecule has 1 saturated carbocycles. The molecule has 1 aliphatic rings. The van der Waals surface area contributed by atoms with Crippen molar-refractivity contribution in [3.63, 3.8) is 0 Å². The summed E-state index contributed by atoms with van der Waals surface area (Å²) in [5, 5.41) is 6.85. The van der Waals surface area contributed by atoms with E-state index in [2.05, 4.69) is 37.8 Å². The molecular formula is C14H20BrN3OS. The number of hydrogen-bond acceptors (Lipinski definition) is 4. The minimum atomic E-state index is -0.0456. The zero-order valence-electron chi connectivity index (χ0n) is 11.8. The van der Waals surface area contributed by atoms with Crippen LogP contribution in [-0.2, 0) is 0 Å². The fraction of sp³-hybridized carbons (Fsp3) is 0.571. The van der Waals surface area contributed by atoms with Gasteiger partial charge in [0, 0.05) is 29.0 Å². The van der Waals surface area contributed by atoms with E-state index in [0.29, 0.717) is 11.4 Å². The maximum absolute atomic E-state index is 12.4. The lowest BCUT2D eigenvalue weighted by atomic mass is 9.94. The molecule has 4 nitrogen and oxygen atoms in total. The summed E-state index contributed by atoms with van der Waals surface area (Å²) in [7, 11) is 1.77. The number of carbonyl (C=O) groups is 1. The molecule has 1 aromatic rings. The van der Waals surface area contributed by atoms with Gasteiger partial charge in [0.2, 0.25) is 0 Å². The average molecular weight is 358 g/mol. The van der Waals surface area contributed by atoms with Crippen LogP contribution < -0.4 is 10.6 Å².